The van der Waals surface area contributed by atoms with E-state index in [1.54, 1.807) is 6.92 Å². The number of rotatable bonds is 10. The van der Waals surface area contributed by atoms with Gasteiger partial charge < -0.3 is 14.6 Å². The molecule has 0 aliphatic heterocycles. The number of hydrogen-bond acceptors (Lipinski definition) is 5. The number of aryl methyl sites for hydroxylation is 1. The predicted octanol–water partition coefficient (Wildman–Crippen LogP) is 4.28. The van der Waals surface area contributed by atoms with Crippen LogP contribution in [-0.2, 0) is 9.53 Å². The van der Waals surface area contributed by atoms with Gasteiger partial charge in [-0.05, 0) is 20.3 Å². The van der Waals surface area contributed by atoms with Gasteiger partial charge in [-0.1, -0.05) is 68.1 Å². The van der Waals surface area contributed by atoms with Crippen LogP contribution in [0.1, 0.15) is 62.1 Å². The molecule has 0 bridgehead atoms. The van der Waals surface area contributed by atoms with Crippen molar-refractivity contribution in [3.63, 3.8) is 0 Å². The van der Waals surface area contributed by atoms with Gasteiger partial charge in [0.1, 0.15) is 17.0 Å². The van der Waals surface area contributed by atoms with Gasteiger partial charge in [0.25, 0.3) is 5.91 Å². The van der Waals surface area contributed by atoms with Gasteiger partial charge in [-0.3, -0.25) is 4.79 Å². The average Bonchev–Trinajstić information content (AvgIpc) is 3.05. The first-order chi connectivity index (χ1) is 13.0. The Morgan fingerprint density at radius 1 is 1.19 bits per heavy atom. The lowest BCUT2D eigenvalue weighted by Gasteiger charge is -2.13. The van der Waals surface area contributed by atoms with E-state index in [0.717, 1.165) is 18.4 Å². The molecule has 1 amide bonds. The molecule has 6 nitrogen and oxygen atoms in total. The molecule has 0 spiro atoms. The fourth-order valence-electron chi connectivity index (χ4n) is 2.87. The zero-order valence-electron chi connectivity index (χ0n) is 16.3. The molecule has 2 rings (SSSR count). The molecule has 146 valence electrons. The van der Waals surface area contributed by atoms with Crippen molar-refractivity contribution in [2.75, 3.05) is 6.61 Å². The zero-order chi connectivity index (χ0) is 19.6. The van der Waals surface area contributed by atoms with E-state index in [1.807, 2.05) is 37.3 Å². The number of nitrogens with one attached hydrogen (secondary N) is 1. The van der Waals surface area contributed by atoms with Crippen molar-refractivity contribution in [3.8, 4) is 11.3 Å². The number of benzene rings is 1. The fourth-order valence-corrected chi connectivity index (χ4v) is 2.87. The second kappa shape index (κ2) is 10.5. The number of esters is 1. The quantitative estimate of drug-likeness (QED) is 0.497. The van der Waals surface area contributed by atoms with Gasteiger partial charge in [-0.15, -0.1) is 0 Å². The van der Waals surface area contributed by atoms with E-state index in [4.69, 9.17) is 9.26 Å². The van der Waals surface area contributed by atoms with Crippen molar-refractivity contribution >= 4 is 11.9 Å². The van der Waals surface area contributed by atoms with Crippen LogP contribution in [0.2, 0.25) is 0 Å². The molecule has 0 aliphatic rings. The molecule has 0 radical (unpaired) electrons. The lowest BCUT2D eigenvalue weighted by molar-refractivity contribution is -0.124. The molecule has 1 aromatic carbocycles. The Labute approximate surface area is 160 Å². The lowest BCUT2D eigenvalue weighted by Crippen LogP contribution is -2.35. The topological polar surface area (TPSA) is 81.4 Å². The summed E-state index contributed by atoms with van der Waals surface area (Å²) in [6, 6.07) is 9.31. The molecule has 27 heavy (non-hydrogen) atoms. The number of carbonyl (C=O) groups is 2. The highest BCUT2D eigenvalue weighted by molar-refractivity contribution is 5.98. The maximum Gasteiger partial charge on any atom is 0.344 e. The summed E-state index contributed by atoms with van der Waals surface area (Å²) < 4.78 is 10.3. The molecular formula is C21H28N2O4. The van der Waals surface area contributed by atoms with E-state index >= 15 is 0 Å². The van der Waals surface area contributed by atoms with Crippen molar-refractivity contribution in [3.05, 3.63) is 41.7 Å². The van der Waals surface area contributed by atoms with E-state index in [0.29, 0.717) is 11.5 Å². The maximum atomic E-state index is 12.5. The van der Waals surface area contributed by atoms with E-state index in [1.165, 1.54) is 19.3 Å². The second-order valence-electron chi connectivity index (χ2n) is 6.72. The van der Waals surface area contributed by atoms with Crippen molar-refractivity contribution < 1.29 is 18.8 Å². The van der Waals surface area contributed by atoms with Crippen LogP contribution in [0.15, 0.2) is 34.9 Å². The number of amides is 1. The van der Waals surface area contributed by atoms with Crippen LogP contribution in [0.5, 0.6) is 0 Å². The van der Waals surface area contributed by atoms with Crippen molar-refractivity contribution in [2.45, 2.75) is 58.9 Å². The van der Waals surface area contributed by atoms with Gasteiger partial charge in [0, 0.05) is 11.6 Å². The molecular weight excluding hydrogens is 344 g/mol. The second-order valence-corrected chi connectivity index (χ2v) is 6.72. The maximum absolute atomic E-state index is 12.5. The third-order valence-corrected chi connectivity index (χ3v) is 4.35. The number of hydrogen-bond donors (Lipinski definition) is 1. The first-order valence-electron chi connectivity index (χ1n) is 9.51. The zero-order valence-corrected chi connectivity index (χ0v) is 16.3. The van der Waals surface area contributed by atoms with Crippen LogP contribution in [0.25, 0.3) is 11.3 Å². The number of unbranched alkanes of at least 4 members (excludes halogenated alkanes) is 3. The highest BCUT2D eigenvalue weighted by atomic mass is 16.5. The molecule has 1 N–H and O–H groups in total. The third-order valence-electron chi connectivity index (χ3n) is 4.35. The van der Waals surface area contributed by atoms with E-state index in [-0.39, 0.29) is 24.1 Å². The Kier molecular flexibility index (Phi) is 8.04. The first kappa shape index (κ1) is 20.7. The lowest BCUT2D eigenvalue weighted by atomic mass is 10.1. The SMILES string of the molecule is CCCCCC[C@H](C)NC(=O)COC(=O)c1c(-c2ccccc2)noc1C. The summed E-state index contributed by atoms with van der Waals surface area (Å²) in [7, 11) is 0. The van der Waals surface area contributed by atoms with Crippen LogP contribution in [0, 0.1) is 6.92 Å². The average molecular weight is 372 g/mol. The van der Waals surface area contributed by atoms with Gasteiger partial charge in [0.15, 0.2) is 6.61 Å². The Balaban J connectivity index is 1.87. The summed E-state index contributed by atoms with van der Waals surface area (Å²) in [6.45, 7) is 5.45. The van der Waals surface area contributed by atoms with Crippen molar-refractivity contribution in [2.24, 2.45) is 0 Å². The Hall–Kier alpha value is -2.63. The molecule has 6 heteroatoms. The van der Waals surface area contributed by atoms with Gasteiger partial charge in [0.2, 0.25) is 0 Å². The van der Waals surface area contributed by atoms with Crippen LogP contribution in [-0.4, -0.2) is 29.7 Å². The molecule has 1 aromatic heterocycles. The van der Waals surface area contributed by atoms with Crippen LogP contribution in [0.4, 0.5) is 0 Å². The van der Waals surface area contributed by atoms with Gasteiger partial charge in [-0.25, -0.2) is 4.79 Å². The molecule has 0 aliphatic carbocycles. The number of carbonyl (C=O) groups excluding carboxylic acids is 2. The van der Waals surface area contributed by atoms with Crippen molar-refractivity contribution in [1.82, 2.24) is 10.5 Å². The minimum atomic E-state index is -0.613. The van der Waals surface area contributed by atoms with Gasteiger partial charge in [-0.2, -0.15) is 0 Å². The largest absolute Gasteiger partial charge is 0.452 e. The highest BCUT2D eigenvalue weighted by Gasteiger charge is 2.23. The van der Waals surface area contributed by atoms with Gasteiger partial charge >= 0.3 is 5.97 Å². The smallest absolute Gasteiger partial charge is 0.344 e. The monoisotopic (exact) mass is 372 g/mol. The van der Waals surface area contributed by atoms with E-state index in [2.05, 4.69) is 17.4 Å². The third kappa shape index (κ3) is 6.24. The first-order valence-corrected chi connectivity index (χ1v) is 9.51. The fraction of sp³-hybridized carbons (Fsp3) is 0.476. The number of ether oxygens (including phenoxy) is 1. The Morgan fingerprint density at radius 2 is 1.93 bits per heavy atom. The summed E-state index contributed by atoms with van der Waals surface area (Å²) in [6.07, 6.45) is 5.56. The summed E-state index contributed by atoms with van der Waals surface area (Å²) >= 11 is 0. The number of nitrogens with zero attached hydrogens (tertiary/aromatic N) is 1. The summed E-state index contributed by atoms with van der Waals surface area (Å²) in [5.74, 6) is -0.552. The van der Waals surface area contributed by atoms with Crippen molar-refractivity contribution in [1.29, 1.82) is 0 Å². The summed E-state index contributed by atoms with van der Waals surface area (Å²) in [4.78, 5) is 24.5. The summed E-state index contributed by atoms with van der Waals surface area (Å²) in [5.41, 5.74) is 1.43. The Morgan fingerprint density at radius 3 is 2.63 bits per heavy atom. The molecule has 0 saturated carbocycles. The molecule has 1 atom stereocenters. The molecule has 0 fully saturated rings. The molecule has 0 unspecified atom stereocenters. The van der Waals surface area contributed by atoms with Crippen LogP contribution < -0.4 is 5.32 Å². The highest BCUT2D eigenvalue weighted by Crippen LogP contribution is 2.25. The molecule has 2 aromatic rings. The molecule has 1 heterocycles. The van der Waals surface area contributed by atoms with E-state index < -0.39 is 5.97 Å². The minimum absolute atomic E-state index is 0.0604. The van der Waals surface area contributed by atoms with Gasteiger partial charge in [0.05, 0.1) is 0 Å². The minimum Gasteiger partial charge on any atom is -0.452 e. The summed E-state index contributed by atoms with van der Waals surface area (Å²) in [5, 5.41) is 6.82. The van der Waals surface area contributed by atoms with Crippen LogP contribution in [0.3, 0.4) is 0 Å². The predicted molar refractivity (Wildman–Crippen MR) is 103 cm³/mol. The standard InChI is InChI=1S/C21H28N2O4/c1-4-5-6-8-11-15(2)22-18(24)14-26-21(25)19-16(3)27-23-20(19)17-12-9-7-10-13-17/h7,9-10,12-13,15H,4-6,8,11,14H2,1-3H3,(H,22,24)/t15-/m0/s1. The molecule has 0 saturated heterocycles. The van der Waals surface area contributed by atoms with E-state index in [9.17, 15) is 9.59 Å². The normalized spacial score (nSPS) is 11.8. The van der Waals surface area contributed by atoms with Crippen LogP contribution >= 0.6 is 0 Å². The Bertz CT molecular complexity index is 740. The number of aromatic nitrogens is 1.